The molecule has 15 heavy (non-hydrogen) atoms. The fourth-order valence-corrected chi connectivity index (χ4v) is 1.71. The minimum Gasteiger partial charge on any atom is -0.511 e. The van der Waals surface area contributed by atoms with Gasteiger partial charge in [-0.2, -0.15) is 0 Å². The van der Waals surface area contributed by atoms with E-state index in [0.717, 1.165) is 5.56 Å². The predicted octanol–water partition coefficient (Wildman–Crippen LogP) is 2.54. The largest absolute Gasteiger partial charge is 0.511 e. The van der Waals surface area contributed by atoms with Crippen LogP contribution >= 0.6 is 0 Å². The molecule has 0 saturated heterocycles. The molecule has 2 rings (SSSR count). The molecule has 1 aliphatic heterocycles. The third-order valence-corrected chi connectivity index (χ3v) is 2.39. The lowest BCUT2D eigenvalue weighted by Gasteiger charge is -2.05. The zero-order valence-electron chi connectivity index (χ0n) is 8.43. The summed E-state index contributed by atoms with van der Waals surface area (Å²) in [6, 6.07) is 7.15. The normalized spacial score (nSPS) is 19.9. The third-order valence-electron chi connectivity index (χ3n) is 2.39. The van der Waals surface area contributed by atoms with Gasteiger partial charge in [0, 0.05) is 5.56 Å². The SMILES string of the molecule is CCC=C(O)C1C(=O)Oc2ccccc21. The van der Waals surface area contributed by atoms with E-state index < -0.39 is 11.9 Å². The van der Waals surface area contributed by atoms with Crippen LogP contribution in [0.1, 0.15) is 24.8 Å². The van der Waals surface area contributed by atoms with Gasteiger partial charge in [-0.25, -0.2) is 0 Å². The van der Waals surface area contributed by atoms with Crippen molar-refractivity contribution in [3.63, 3.8) is 0 Å². The first-order valence-corrected chi connectivity index (χ1v) is 4.93. The van der Waals surface area contributed by atoms with Gasteiger partial charge in [-0.1, -0.05) is 25.1 Å². The van der Waals surface area contributed by atoms with Gasteiger partial charge in [-0.15, -0.1) is 0 Å². The Labute approximate surface area is 88.0 Å². The van der Waals surface area contributed by atoms with Crippen molar-refractivity contribution in [2.24, 2.45) is 0 Å². The smallest absolute Gasteiger partial charge is 0.326 e. The molecule has 1 unspecified atom stereocenters. The lowest BCUT2D eigenvalue weighted by atomic mass is 9.98. The first-order valence-electron chi connectivity index (χ1n) is 4.93. The molecule has 0 fully saturated rings. The second-order valence-electron chi connectivity index (χ2n) is 3.43. The maximum Gasteiger partial charge on any atom is 0.326 e. The summed E-state index contributed by atoms with van der Waals surface area (Å²) in [5.74, 6) is -0.421. The molecule has 0 radical (unpaired) electrons. The molecule has 1 atom stereocenters. The van der Waals surface area contributed by atoms with Crippen LogP contribution in [0.4, 0.5) is 0 Å². The van der Waals surface area contributed by atoms with Crippen LogP contribution in [0.25, 0.3) is 0 Å². The summed E-state index contributed by atoms with van der Waals surface area (Å²) in [5.41, 5.74) is 0.740. The van der Waals surface area contributed by atoms with E-state index in [1.807, 2.05) is 13.0 Å². The Morgan fingerprint density at radius 2 is 2.27 bits per heavy atom. The van der Waals surface area contributed by atoms with Crippen molar-refractivity contribution in [3.05, 3.63) is 41.7 Å². The molecule has 3 heteroatoms. The van der Waals surface area contributed by atoms with Gasteiger partial charge in [0.1, 0.15) is 17.4 Å². The number of rotatable bonds is 2. The van der Waals surface area contributed by atoms with Crippen molar-refractivity contribution in [2.45, 2.75) is 19.3 Å². The lowest BCUT2D eigenvalue weighted by molar-refractivity contribution is -0.133. The van der Waals surface area contributed by atoms with Gasteiger partial charge in [0.15, 0.2) is 0 Å². The highest BCUT2D eigenvalue weighted by atomic mass is 16.5. The van der Waals surface area contributed by atoms with Crippen molar-refractivity contribution in [3.8, 4) is 5.75 Å². The number of aliphatic hydroxyl groups is 1. The van der Waals surface area contributed by atoms with Gasteiger partial charge < -0.3 is 9.84 Å². The highest BCUT2D eigenvalue weighted by Crippen LogP contribution is 2.37. The summed E-state index contributed by atoms with van der Waals surface area (Å²) in [7, 11) is 0. The number of esters is 1. The molecule has 0 bridgehead atoms. The molecule has 1 aromatic carbocycles. The molecule has 0 amide bonds. The Morgan fingerprint density at radius 1 is 1.53 bits per heavy atom. The highest BCUT2D eigenvalue weighted by Gasteiger charge is 2.35. The standard InChI is InChI=1S/C12H12O3/c1-2-5-9(13)11-8-6-3-4-7-10(8)15-12(11)14/h3-7,11,13H,2H2,1H3. The summed E-state index contributed by atoms with van der Waals surface area (Å²) in [5, 5.41) is 9.73. The fourth-order valence-electron chi connectivity index (χ4n) is 1.71. The van der Waals surface area contributed by atoms with Crippen LogP contribution in [0.3, 0.4) is 0 Å². The molecule has 78 valence electrons. The van der Waals surface area contributed by atoms with Crippen molar-refractivity contribution < 1.29 is 14.6 Å². The van der Waals surface area contributed by atoms with Gasteiger partial charge in [-0.05, 0) is 18.6 Å². The minimum atomic E-state index is -0.638. The van der Waals surface area contributed by atoms with Crippen LogP contribution in [0, 0.1) is 0 Å². The van der Waals surface area contributed by atoms with Gasteiger partial charge in [0.05, 0.1) is 0 Å². The molecule has 0 spiro atoms. The maximum absolute atomic E-state index is 11.5. The van der Waals surface area contributed by atoms with E-state index in [-0.39, 0.29) is 5.76 Å². The first kappa shape index (κ1) is 9.77. The molecule has 0 saturated carbocycles. The molecule has 1 aromatic rings. The van der Waals surface area contributed by atoms with E-state index >= 15 is 0 Å². The lowest BCUT2D eigenvalue weighted by Crippen LogP contribution is -2.12. The molecule has 1 heterocycles. The molecule has 3 nitrogen and oxygen atoms in total. The minimum absolute atomic E-state index is 0.0763. The average Bonchev–Trinajstić information content (AvgIpc) is 2.54. The summed E-state index contributed by atoms with van der Waals surface area (Å²) < 4.78 is 5.05. The molecular weight excluding hydrogens is 192 g/mol. The number of carbonyl (C=O) groups excluding carboxylic acids is 1. The number of hydrogen-bond donors (Lipinski definition) is 1. The van der Waals surface area contributed by atoms with Crippen molar-refractivity contribution in [2.75, 3.05) is 0 Å². The highest BCUT2D eigenvalue weighted by molar-refractivity contribution is 5.88. The van der Waals surface area contributed by atoms with E-state index in [4.69, 9.17) is 4.74 Å². The van der Waals surface area contributed by atoms with E-state index in [0.29, 0.717) is 12.2 Å². The van der Waals surface area contributed by atoms with Gasteiger partial charge in [0.2, 0.25) is 0 Å². The number of aliphatic hydroxyl groups excluding tert-OH is 1. The topological polar surface area (TPSA) is 46.5 Å². The van der Waals surface area contributed by atoms with Crippen molar-refractivity contribution >= 4 is 5.97 Å². The Balaban J connectivity index is 2.42. The number of ether oxygens (including phenoxy) is 1. The fraction of sp³-hybridized carbons (Fsp3) is 0.250. The van der Waals surface area contributed by atoms with Gasteiger partial charge in [0.25, 0.3) is 0 Å². The van der Waals surface area contributed by atoms with Crippen LogP contribution in [0.5, 0.6) is 5.75 Å². The number of allylic oxidation sites excluding steroid dienone is 1. The summed E-state index contributed by atoms with van der Waals surface area (Å²) in [6.07, 6.45) is 2.33. The van der Waals surface area contributed by atoms with E-state index in [1.54, 1.807) is 24.3 Å². The maximum atomic E-state index is 11.5. The zero-order chi connectivity index (χ0) is 10.8. The quantitative estimate of drug-likeness (QED) is 0.457. The summed E-state index contributed by atoms with van der Waals surface area (Å²) >= 11 is 0. The van der Waals surface area contributed by atoms with Crippen LogP contribution in [-0.4, -0.2) is 11.1 Å². The number of carbonyl (C=O) groups is 1. The summed E-state index contributed by atoms with van der Waals surface area (Å²) in [6.45, 7) is 1.91. The molecule has 0 aliphatic carbocycles. The second kappa shape index (κ2) is 3.77. The Bertz CT molecular complexity index is 421. The van der Waals surface area contributed by atoms with E-state index in [2.05, 4.69) is 0 Å². The average molecular weight is 204 g/mol. The van der Waals surface area contributed by atoms with Crippen LogP contribution in [0.15, 0.2) is 36.1 Å². The van der Waals surface area contributed by atoms with Crippen molar-refractivity contribution in [1.29, 1.82) is 0 Å². The number of fused-ring (bicyclic) bond motifs is 1. The first-order chi connectivity index (χ1) is 7.24. The number of benzene rings is 1. The van der Waals surface area contributed by atoms with Gasteiger partial charge in [-0.3, -0.25) is 4.79 Å². The van der Waals surface area contributed by atoms with Gasteiger partial charge >= 0.3 is 5.97 Å². The molecule has 1 aliphatic rings. The van der Waals surface area contributed by atoms with Crippen LogP contribution in [0.2, 0.25) is 0 Å². The summed E-state index contributed by atoms with van der Waals surface area (Å²) in [4.78, 5) is 11.5. The Kier molecular flexibility index (Phi) is 2.46. The van der Waals surface area contributed by atoms with Crippen LogP contribution in [-0.2, 0) is 4.79 Å². The zero-order valence-corrected chi connectivity index (χ0v) is 8.43. The Morgan fingerprint density at radius 3 is 3.00 bits per heavy atom. The molecular formula is C12H12O3. The molecule has 0 aromatic heterocycles. The Hall–Kier alpha value is -1.77. The third kappa shape index (κ3) is 1.61. The number of hydrogen-bond acceptors (Lipinski definition) is 3. The van der Waals surface area contributed by atoms with E-state index in [9.17, 15) is 9.90 Å². The number of para-hydroxylation sites is 1. The molecule has 1 N–H and O–H groups in total. The van der Waals surface area contributed by atoms with Crippen LogP contribution < -0.4 is 4.74 Å². The van der Waals surface area contributed by atoms with Crippen molar-refractivity contribution in [1.82, 2.24) is 0 Å². The van der Waals surface area contributed by atoms with E-state index in [1.165, 1.54) is 0 Å². The monoisotopic (exact) mass is 204 g/mol. The second-order valence-corrected chi connectivity index (χ2v) is 3.43. The predicted molar refractivity (Wildman–Crippen MR) is 55.8 cm³/mol.